The maximum absolute atomic E-state index is 13.6. The normalized spacial score (nSPS) is 15.1. The van der Waals surface area contributed by atoms with Gasteiger partial charge in [-0.2, -0.15) is 0 Å². The average Bonchev–Trinajstić information content (AvgIpc) is 2.87. The summed E-state index contributed by atoms with van der Waals surface area (Å²) >= 11 is 0. The molecule has 2 aromatic rings. The fourth-order valence-corrected chi connectivity index (χ4v) is 6.32. The number of hydrogen-bond donors (Lipinski definition) is 1. The molecule has 8 heteroatoms. The quantitative estimate of drug-likeness (QED) is 0.405. The lowest BCUT2D eigenvalue weighted by atomic mass is 9.95. The topological polar surface area (TPSA) is 86.8 Å². The second-order valence-electron chi connectivity index (χ2n) is 10.5. The molecule has 2 aromatic carbocycles. The van der Waals surface area contributed by atoms with Gasteiger partial charge in [0.05, 0.1) is 11.9 Å². The molecule has 1 unspecified atom stereocenters. The van der Waals surface area contributed by atoms with E-state index < -0.39 is 16.1 Å². The molecule has 0 heterocycles. The van der Waals surface area contributed by atoms with Crippen LogP contribution in [0, 0.1) is 13.8 Å². The number of amides is 2. The van der Waals surface area contributed by atoms with Crippen molar-refractivity contribution in [3.8, 4) is 0 Å². The molecular weight excluding hydrogens is 498 g/mol. The van der Waals surface area contributed by atoms with E-state index in [-0.39, 0.29) is 30.8 Å². The predicted molar refractivity (Wildman–Crippen MR) is 153 cm³/mol. The molecule has 0 radical (unpaired) electrons. The van der Waals surface area contributed by atoms with Gasteiger partial charge in [-0.25, -0.2) is 8.42 Å². The molecule has 0 aromatic heterocycles. The van der Waals surface area contributed by atoms with Gasteiger partial charge in [0, 0.05) is 25.6 Å². The summed E-state index contributed by atoms with van der Waals surface area (Å²) in [5.41, 5.74) is 3.55. The van der Waals surface area contributed by atoms with E-state index in [0.29, 0.717) is 25.1 Å². The second-order valence-corrected chi connectivity index (χ2v) is 12.4. The molecule has 38 heavy (non-hydrogen) atoms. The maximum atomic E-state index is 13.6. The molecule has 2 amide bonds. The van der Waals surface area contributed by atoms with Gasteiger partial charge in [0.15, 0.2) is 0 Å². The Balaban J connectivity index is 1.76. The highest BCUT2D eigenvalue weighted by atomic mass is 32.2. The Labute approximate surface area is 228 Å². The van der Waals surface area contributed by atoms with Gasteiger partial charge in [-0.1, -0.05) is 74.2 Å². The number of benzene rings is 2. The highest BCUT2D eigenvalue weighted by Crippen LogP contribution is 2.23. The van der Waals surface area contributed by atoms with Crippen molar-refractivity contribution < 1.29 is 18.0 Å². The zero-order valence-electron chi connectivity index (χ0n) is 23.3. The fraction of sp³-hybridized carbons (Fsp3) is 0.533. The number of anilines is 1. The summed E-state index contributed by atoms with van der Waals surface area (Å²) < 4.78 is 26.5. The number of rotatable bonds is 12. The van der Waals surface area contributed by atoms with Crippen LogP contribution in [0.1, 0.15) is 75.0 Å². The van der Waals surface area contributed by atoms with Crippen molar-refractivity contribution in [2.24, 2.45) is 0 Å². The molecule has 3 rings (SSSR count). The van der Waals surface area contributed by atoms with Gasteiger partial charge >= 0.3 is 0 Å². The van der Waals surface area contributed by atoms with E-state index in [2.05, 4.69) is 5.32 Å². The Morgan fingerprint density at radius 2 is 1.74 bits per heavy atom. The van der Waals surface area contributed by atoms with Crippen LogP contribution < -0.4 is 9.62 Å². The maximum Gasteiger partial charge on any atom is 0.243 e. The van der Waals surface area contributed by atoms with Crippen LogP contribution in [0.15, 0.2) is 48.5 Å². The van der Waals surface area contributed by atoms with Gasteiger partial charge in [0.1, 0.15) is 6.04 Å². The number of nitrogens with zero attached hydrogens (tertiary/aromatic N) is 2. The molecule has 7 nitrogen and oxygen atoms in total. The van der Waals surface area contributed by atoms with Crippen LogP contribution in [0.25, 0.3) is 0 Å². The molecule has 1 aliphatic carbocycles. The van der Waals surface area contributed by atoms with E-state index in [4.69, 9.17) is 0 Å². The average molecular weight is 542 g/mol. The molecule has 1 fully saturated rings. The van der Waals surface area contributed by atoms with Crippen LogP contribution in [-0.4, -0.2) is 50.0 Å². The largest absolute Gasteiger partial charge is 0.352 e. The number of sulfonamides is 1. The summed E-state index contributed by atoms with van der Waals surface area (Å²) in [5.74, 6) is -0.242. The van der Waals surface area contributed by atoms with Crippen LogP contribution in [0.4, 0.5) is 5.69 Å². The van der Waals surface area contributed by atoms with Crippen LogP contribution in [0.3, 0.4) is 0 Å². The number of carbonyl (C=O) groups is 2. The third-order valence-electron chi connectivity index (χ3n) is 7.31. The van der Waals surface area contributed by atoms with Crippen molar-refractivity contribution in [3.63, 3.8) is 0 Å². The molecule has 208 valence electrons. The molecular formula is C30H43N3O4S. The Bertz CT molecular complexity index is 1190. The minimum absolute atomic E-state index is 0.0990. The number of nitrogens with one attached hydrogen (secondary N) is 1. The number of para-hydroxylation sites is 1. The lowest BCUT2D eigenvalue weighted by Gasteiger charge is -2.33. The van der Waals surface area contributed by atoms with E-state index >= 15 is 0 Å². The first-order valence-corrected chi connectivity index (χ1v) is 15.6. The monoisotopic (exact) mass is 541 g/mol. The first kappa shape index (κ1) is 29.7. The first-order chi connectivity index (χ1) is 18.1. The van der Waals surface area contributed by atoms with Gasteiger partial charge in [-0.3, -0.25) is 13.9 Å². The van der Waals surface area contributed by atoms with Crippen molar-refractivity contribution >= 4 is 27.5 Å². The summed E-state index contributed by atoms with van der Waals surface area (Å²) in [6.07, 6.45) is 7.60. The van der Waals surface area contributed by atoms with Crippen molar-refractivity contribution in [1.29, 1.82) is 0 Å². The summed E-state index contributed by atoms with van der Waals surface area (Å²) in [6.45, 7) is 6.35. The van der Waals surface area contributed by atoms with Gasteiger partial charge in [0.25, 0.3) is 0 Å². The lowest BCUT2D eigenvalue weighted by Crippen LogP contribution is -2.51. The van der Waals surface area contributed by atoms with Gasteiger partial charge in [-0.05, 0) is 56.7 Å². The van der Waals surface area contributed by atoms with E-state index in [9.17, 15) is 18.0 Å². The Hall–Kier alpha value is -2.87. The zero-order valence-corrected chi connectivity index (χ0v) is 24.1. The number of hydrogen-bond acceptors (Lipinski definition) is 4. The Morgan fingerprint density at radius 3 is 2.37 bits per heavy atom. The standard InChI is InChI=1S/C30H43N3O4S/c1-5-27(30(35)31-26-16-7-6-8-17-26)32(22-25-15-11-13-23(2)21-25)29(34)19-12-20-33(38(4,36)37)28-18-10-9-14-24(28)3/h9-11,13-15,18,21,26-27H,5-8,12,16-17,19-20,22H2,1-4H3,(H,31,35). The minimum atomic E-state index is -3.52. The SMILES string of the molecule is CCC(C(=O)NC1CCCCC1)N(Cc1cccc(C)c1)C(=O)CCCN(c1ccccc1C)S(C)(=O)=O. The van der Waals surface area contributed by atoms with E-state index in [1.54, 1.807) is 11.0 Å². The molecule has 0 bridgehead atoms. The smallest absolute Gasteiger partial charge is 0.243 e. The van der Waals surface area contributed by atoms with Gasteiger partial charge < -0.3 is 10.2 Å². The molecule has 0 spiro atoms. The van der Waals surface area contributed by atoms with Crippen molar-refractivity contribution in [1.82, 2.24) is 10.2 Å². The zero-order chi connectivity index (χ0) is 27.7. The number of carbonyl (C=O) groups excluding carboxylic acids is 2. The van der Waals surface area contributed by atoms with Crippen LogP contribution >= 0.6 is 0 Å². The van der Waals surface area contributed by atoms with Crippen LogP contribution in [0.5, 0.6) is 0 Å². The Kier molecular flexibility index (Phi) is 10.8. The summed E-state index contributed by atoms with van der Waals surface area (Å²) in [6, 6.07) is 14.9. The van der Waals surface area contributed by atoms with E-state index in [0.717, 1.165) is 42.4 Å². The molecule has 0 aliphatic heterocycles. The summed E-state index contributed by atoms with van der Waals surface area (Å²) in [5, 5.41) is 3.20. The Morgan fingerprint density at radius 1 is 1.03 bits per heavy atom. The first-order valence-electron chi connectivity index (χ1n) is 13.8. The number of aryl methyl sites for hydroxylation is 2. The molecule has 1 N–H and O–H groups in total. The highest BCUT2D eigenvalue weighted by molar-refractivity contribution is 7.92. The van der Waals surface area contributed by atoms with Crippen molar-refractivity contribution in [3.05, 3.63) is 65.2 Å². The van der Waals surface area contributed by atoms with Crippen LogP contribution in [0.2, 0.25) is 0 Å². The van der Waals surface area contributed by atoms with E-state index in [1.165, 1.54) is 17.0 Å². The lowest BCUT2D eigenvalue weighted by molar-refractivity contribution is -0.141. The third kappa shape index (κ3) is 8.32. The van der Waals surface area contributed by atoms with E-state index in [1.807, 2.05) is 63.2 Å². The van der Waals surface area contributed by atoms with Crippen molar-refractivity contribution in [2.45, 2.75) is 90.8 Å². The third-order valence-corrected chi connectivity index (χ3v) is 8.49. The highest BCUT2D eigenvalue weighted by Gasteiger charge is 2.30. The molecule has 1 atom stereocenters. The fourth-order valence-electron chi connectivity index (χ4n) is 5.30. The predicted octanol–water partition coefficient (Wildman–Crippen LogP) is 5.11. The summed E-state index contributed by atoms with van der Waals surface area (Å²) in [7, 11) is -3.52. The molecule has 0 saturated heterocycles. The second kappa shape index (κ2) is 13.8. The van der Waals surface area contributed by atoms with Gasteiger partial charge in [0.2, 0.25) is 21.8 Å². The van der Waals surface area contributed by atoms with Crippen molar-refractivity contribution in [2.75, 3.05) is 17.1 Å². The van der Waals surface area contributed by atoms with Crippen LogP contribution in [-0.2, 0) is 26.2 Å². The summed E-state index contributed by atoms with van der Waals surface area (Å²) in [4.78, 5) is 28.7. The van der Waals surface area contributed by atoms with Gasteiger partial charge in [-0.15, -0.1) is 0 Å². The molecule has 1 aliphatic rings. The minimum Gasteiger partial charge on any atom is -0.352 e. The molecule has 1 saturated carbocycles.